The Bertz CT molecular complexity index is 687. The summed E-state index contributed by atoms with van der Waals surface area (Å²) in [6, 6.07) is 5.74. The van der Waals surface area contributed by atoms with Crippen molar-refractivity contribution in [2.24, 2.45) is 23.7 Å². The molecule has 1 aromatic rings. The summed E-state index contributed by atoms with van der Waals surface area (Å²) >= 11 is 12.6. The van der Waals surface area contributed by atoms with Crippen molar-refractivity contribution in [1.29, 1.82) is 0 Å². The SMILES string of the molecule is O=C(O)c1ccc(N2C(=O)[C@@H]3[C@H]4C[C@@H]([C@@H](Cl)[C@@H]4Cl)[C@@H]3C2=O)cc1. The van der Waals surface area contributed by atoms with E-state index < -0.39 is 17.8 Å². The first-order valence-corrected chi connectivity index (χ1v) is 8.28. The van der Waals surface area contributed by atoms with E-state index in [1.54, 1.807) is 0 Å². The summed E-state index contributed by atoms with van der Waals surface area (Å²) in [5, 5.41) is 8.37. The van der Waals surface area contributed by atoms with Gasteiger partial charge in [0.2, 0.25) is 11.8 Å². The van der Waals surface area contributed by atoms with E-state index in [0.29, 0.717) is 5.69 Å². The van der Waals surface area contributed by atoms with Gasteiger partial charge in [-0.25, -0.2) is 4.79 Å². The van der Waals surface area contributed by atoms with Crippen molar-refractivity contribution >= 4 is 46.7 Å². The summed E-state index contributed by atoms with van der Waals surface area (Å²) in [5.41, 5.74) is 0.505. The number of rotatable bonds is 2. The second-order valence-corrected chi connectivity index (χ2v) is 7.38. The molecule has 0 radical (unpaired) electrons. The Morgan fingerprint density at radius 2 is 1.48 bits per heavy atom. The van der Waals surface area contributed by atoms with Gasteiger partial charge in [0.1, 0.15) is 0 Å². The number of carbonyl (C=O) groups excluding carboxylic acids is 2. The Morgan fingerprint density at radius 1 is 1.00 bits per heavy atom. The van der Waals surface area contributed by atoms with Crippen molar-refractivity contribution in [3.05, 3.63) is 29.8 Å². The van der Waals surface area contributed by atoms with Crippen LogP contribution in [0.2, 0.25) is 0 Å². The fourth-order valence-corrected chi connectivity index (χ4v) is 5.25. The molecule has 0 unspecified atom stereocenters. The molecule has 3 fully saturated rings. The second kappa shape index (κ2) is 4.95. The molecule has 2 aliphatic carbocycles. The molecule has 1 saturated heterocycles. The average molecular weight is 354 g/mol. The maximum absolute atomic E-state index is 12.7. The van der Waals surface area contributed by atoms with Crippen LogP contribution in [0.5, 0.6) is 0 Å². The number of halogens is 2. The van der Waals surface area contributed by atoms with Crippen molar-refractivity contribution in [1.82, 2.24) is 0 Å². The Hall–Kier alpha value is -1.59. The summed E-state index contributed by atoms with van der Waals surface area (Å²) in [5.74, 6) is -2.47. The number of aromatic carboxylic acids is 1. The summed E-state index contributed by atoms with van der Waals surface area (Å²) in [6.07, 6.45) is 0.723. The third-order valence-electron chi connectivity index (χ3n) is 5.36. The topological polar surface area (TPSA) is 74.7 Å². The summed E-state index contributed by atoms with van der Waals surface area (Å²) in [7, 11) is 0. The molecule has 120 valence electrons. The lowest BCUT2D eigenvalue weighted by molar-refractivity contribution is -0.123. The van der Waals surface area contributed by atoms with Gasteiger partial charge in [-0.1, -0.05) is 0 Å². The van der Waals surface area contributed by atoms with E-state index >= 15 is 0 Å². The number of imide groups is 1. The lowest BCUT2D eigenvalue weighted by atomic mass is 9.80. The van der Waals surface area contributed by atoms with Crippen molar-refractivity contribution in [3.63, 3.8) is 0 Å². The molecule has 0 aromatic heterocycles. The van der Waals surface area contributed by atoms with Crippen LogP contribution in [0.4, 0.5) is 5.69 Å². The average Bonchev–Trinajstić information content (AvgIpc) is 3.12. The standard InChI is InChI=1S/C16H13Cl2NO4/c17-12-8-5-9(13(12)18)11-10(8)14(20)19(15(11)21)7-3-1-6(2-4-7)16(22)23/h1-4,8-13H,5H2,(H,22,23)/t8-,9-,10-,11+,12-,13-/m1/s1. The predicted molar refractivity (Wildman–Crippen MR) is 83.8 cm³/mol. The lowest BCUT2D eigenvalue weighted by Gasteiger charge is -2.28. The number of carbonyl (C=O) groups is 3. The number of amides is 2. The molecule has 1 heterocycles. The molecule has 2 saturated carbocycles. The highest BCUT2D eigenvalue weighted by atomic mass is 35.5. The van der Waals surface area contributed by atoms with Gasteiger partial charge in [-0.15, -0.1) is 23.2 Å². The van der Waals surface area contributed by atoms with Gasteiger partial charge in [0.25, 0.3) is 0 Å². The Kier molecular flexibility index (Phi) is 3.22. The number of benzene rings is 1. The number of anilines is 1. The molecule has 7 heteroatoms. The van der Waals surface area contributed by atoms with E-state index in [0.717, 1.165) is 6.42 Å². The summed E-state index contributed by atoms with van der Waals surface area (Å²) in [4.78, 5) is 37.6. The van der Waals surface area contributed by atoms with Crippen LogP contribution in [0.1, 0.15) is 16.8 Å². The number of hydrogen-bond acceptors (Lipinski definition) is 3. The molecule has 3 aliphatic rings. The smallest absolute Gasteiger partial charge is 0.335 e. The molecule has 0 spiro atoms. The first-order chi connectivity index (χ1) is 10.9. The van der Waals surface area contributed by atoms with Crippen LogP contribution in [0.3, 0.4) is 0 Å². The van der Waals surface area contributed by atoms with E-state index in [1.807, 2.05) is 0 Å². The first-order valence-electron chi connectivity index (χ1n) is 7.41. The largest absolute Gasteiger partial charge is 0.478 e. The molecule has 1 aliphatic heterocycles. The molecule has 1 N–H and O–H groups in total. The summed E-state index contributed by atoms with van der Waals surface area (Å²) < 4.78 is 0. The number of hydrogen-bond donors (Lipinski definition) is 1. The van der Waals surface area contributed by atoms with E-state index in [4.69, 9.17) is 28.3 Å². The van der Waals surface area contributed by atoms with Crippen LogP contribution in [0.15, 0.2) is 24.3 Å². The highest BCUT2D eigenvalue weighted by Gasteiger charge is 2.66. The van der Waals surface area contributed by atoms with Gasteiger partial charge >= 0.3 is 5.97 Å². The number of nitrogens with zero attached hydrogens (tertiary/aromatic N) is 1. The lowest BCUT2D eigenvalue weighted by Crippen LogP contribution is -2.37. The Morgan fingerprint density at radius 3 is 1.91 bits per heavy atom. The van der Waals surface area contributed by atoms with Crippen LogP contribution in [-0.4, -0.2) is 33.6 Å². The van der Waals surface area contributed by atoms with Crippen molar-refractivity contribution < 1.29 is 19.5 Å². The van der Waals surface area contributed by atoms with Gasteiger partial charge < -0.3 is 5.11 Å². The molecular weight excluding hydrogens is 341 g/mol. The van der Waals surface area contributed by atoms with E-state index in [1.165, 1.54) is 29.2 Å². The maximum Gasteiger partial charge on any atom is 0.335 e. The van der Waals surface area contributed by atoms with Gasteiger partial charge in [0.05, 0.1) is 33.8 Å². The van der Waals surface area contributed by atoms with Gasteiger partial charge in [-0.3, -0.25) is 14.5 Å². The molecule has 1 aromatic carbocycles. The third kappa shape index (κ3) is 1.90. The van der Waals surface area contributed by atoms with E-state index in [2.05, 4.69) is 0 Å². The highest BCUT2D eigenvalue weighted by Crippen LogP contribution is 2.59. The quantitative estimate of drug-likeness (QED) is 0.654. The van der Waals surface area contributed by atoms with Crippen LogP contribution in [0.25, 0.3) is 0 Å². The zero-order valence-electron chi connectivity index (χ0n) is 11.9. The molecule has 4 rings (SSSR count). The number of carboxylic acid groups (broad SMARTS) is 1. The van der Waals surface area contributed by atoms with E-state index in [9.17, 15) is 14.4 Å². The van der Waals surface area contributed by atoms with Crippen LogP contribution in [-0.2, 0) is 9.59 Å². The second-order valence-electron chi connectivity index (χ2n) is 6.37. The monoisotopic (exact) mass is 353 g/mol. The maximum atomic E-state index is 12.7. The zero-order valence-corrected chi connectivity index (χ0v) is 13.4. The van der Waals surface area contributed by atoms with Gasteiger partial charge in [0, 0.05) is 0 Å². The van der Waals surface area contributed by atoms with Crippen molar-refractivity contribution in [2.75, 3.05) is 4.90 Å². The normalized spacial score (nSPS) is 38.3. The van der Waals surface area contributed by atoms with Crippen molar-refractivity contribution in [3.8, 4) is 0 Å². The minimum absolute atomic E-state index is 0.0612. The fraction of sp³-hybridized carbons (Fsp3) is 0.438. The number of fused-ring (bicyclic) bond motifs is 5. The predicted octanol–water partition coefficient (Wildman–Crippen LogP) is 2.35. The molecule has 5 nitrogen and oxygen atoms in total. The third-order valence-corrected chi connectivity index (χ3v) is 6.68. The van der Waals surface area contributed by atoms with Crippen molar-refractivity contribution in [2.45, 2.75) is 17.2 Å². The molecule has 2 amide bonds. The molecular formula is C16H13Cl2NO4. The molecule has 6 atom stereocenters. The Balaban J connectivity index is 1.68. The molecule has 2 bridgehead atoms. The van der Waals surface area contributed by atoms with E-state index in [-0.39, 0.29) is 40.0 Å². The number of alkyl halides is 2. The fourth-order valence-electron chi connectivity index (χ4n) is 4.36. The Labute approximate surface area is 142 Å². The van der Waals surface area contributed by atoms with Gasteiger partial charge in [-0.2, -0.15) is 0 Å². The number of carboxylic acids is 1. The highest BCUT2D eigenvalue weighted by molar-refractivity contribution is 6.32. The summed E-state index contributed by atoms with van der Waals surface area (Å²) in [6.45, 7) is 0. The van der Waals surface area contributed by atoms with Crippen LogP contribution >= 0.6 is 23.2 Å². The van der Waals surface area contributed by atoms with Crippen LogP contribution in [0, 0.1) is 23.7 Å². The first kappa shape index (κ1) is 15.0. The minimum atomic E-state index is -1.06. The van der Waals surface area contributed by atoms with Gasteiger partial charge in [-0.05, 0) is 42.5 Å². The zero-order chi connectivity index (χ0) is 16.5. The van der Waals surface area contributed by atoms with Crippen LogP contribution < -0.4 is 4.90 Å². The molecule has 23 heavy (non-hydrogen) atoms. The van der Waals surface area contributed by atoms with Gasteiger partial charge in [0.15, 0.2) is 0 Å². The minimum Gasteiger partial charge on any atom is -0.478 e.